The molecule has 10 nitrogen and oxygen atoms in total. The van der Waals surface area contributed by atoms with Crippen LogP contribution in [0, 0.1) is 10.1 Å². The van der Waals surface area contributed by atoms with Crippen molar-refractivity contribution >= 4 is 22.9 Å². The number of methoxy groups -OCH3 is 4. The number of carbonyl (C=O) groups excluding carboxylic acids is 2. The minimum absolute atomic E-state index is 0.00245. The molecule has 0 saturated carbocycles. The highest BCUT2D eigenvalue weighted by Gasteiger charge is 2.22. The largest absolute Gasteiger partial charge is 0.493 e. The highest BCUT2D eigenvalue weighted by Crippen LogP contribution is 2.34. The fraction of sp³-hybridized carbons (Fsp3) is 0.300. The van der Waals surface area contributed by atoms with Gasteiger partial charge in [-0.05, 0) is 19.9 Å². The zero-order valence-corrected chi connectivity index (χ0v) is 17.6. The second-order valence-corrected chi connectivity index (χ2v) is 5.89. The molecule has 0 bridgehead atoms. The highest BCUT2D eigenvalue weighted by molar-refractivity contribution is 6.00. The Bertz CT molecular complexity index is 915. The molecule has 0 saturated heterocycles. The first kappa shape index (κ1) is 24.2. The van der Waals surface area contributed by atoms with Crippen molar-refractivity contribution in [2.24, 2.45) is 0 Å². The molecule has 0 aliphatic heterocycles. The van der Waals surface area contributed by atoms with E-state index in [1.165, 1.54) is 54.4 Å². The molecule has 0 aliphatic carbocycles. The Morgan fingerprint density at radius 2 is 1.13 bits per heavy atom. The van der Waals surface area contributed by atoms with Gasteiger partial charge in [-0.15, -0.1) is 0 Å². The van der Waals surface area contributed by atoms with Crippen LogP contribution >= 0.6 is 0 Å². The van der Waals surface area contributed by atoms with Crippen molar-refractivity contribution in [1.29, 1.82) is 0 Å². The monoisotopic (exact) mass is 420 g/mol. The molecular formula is C20H24N2O8. The van der Waals surface area contributed by atoms with Crippen LogP contribution in [0.4, 0.5) is 11.4 Å². The minimum Gasteiger partial charge on any atom is -0.493 e. The fourth-order valence-corrected chi connectivity index (χ4v) is 2.50. The maximum absolute atomic E-state index is 11.2. The molecule has 2 rings (SSSR count). The average molecular weight is 420 g/mol. The summed E-state index contributed by atoms with van der Waals surface area (Å²) in [5, 5.41) is 10.8. The fourth-order valence-electron chi connectivity index (χ4n) is 2.50. The van der Waals surface area contributed by atoms with Crippen LogP contribution in [0.5, 0.6) is 23.0 Å². The second-order valence-electron chi connectivity index (χ2n) is 5.89. The summed E-state index contributed by atoms with van der Waals surface area (Å²) < 4.78 is 20.0. The van der Waals surface area contributed by atoms with E-state index in [1.807, 2.05) is 0 Å². The molecule has 0 aliphatic rings. The number of anilines is 1. The maximum Gasteiger partial charge on any atom is 0.284 e. The molecule has 0 unspecified atom stereocenters. The summed E-state index contributed by atoms with van der Waals surface area (Å²) in [6, 6.07) is 5.64. The zero-order chi connectivity index (χ0) is 23.0. The van der Waals surface area contributed by atoms with Crippen LogP contribution in [0.25, 0.3) is 0 Å². The molecule has 0 atom stereocenters. The average Bonchev–Trinajstić information content (AvgIpc) is 2.72. The number of rotatable bonds is 7. The van der Waals surface area contributed by atoms with Gasteiger partial charge in [0.15, 0.2) is 34.6 Å². The number of nitrogens with two attached hydrogens (primary N) is 1. The van der Waals surface area contributed by atoms with Gasteiger partial charge < -0.3 is 24.7 Å². The number of nitro groups is 1. The van der Waals surface area contributed by atoms with Gasteiger partial charge >= 0.3 is 0 Å². The van der Waals surface area contributed by atoms with E-state index in [9.17, 15) is 19.7 Å². The third-order valence-electron chi connectivity index (χ3n) is 4.01. The predicted octanol–water partition coefficient (Wildman–Crippen LogP) is 3.30. The molecule has 10 heteroatoms. The highest BCUT2D eigenvalue weighted by atomic mass is 16.6. The van der Waals surface area contributed by atoms with Gasteiger partial charge in [-0.25, -0.2) is 0 Å². The zero-order valence-electron chi connectivity index (χ0n) is 17.6. The van der Waals surface area contributed by atoms with Crippen molar-refractivity contribution in [3.05, 3.63) is 45.5 Å². The van der Waals surface area contributed by atoms with Crippen LogP contribution in [-0.4, -0.2) is 44.9 Å². The Labute approximate surface area is 173 Å². The van der Waals surface area contributed by atoms with Gasteiger partial charge in [-0.1, -0.05) is 0 Å². The topological polar surface area (TPSA) is 140 Å². The first-order valence-electron chi connectivity index (χ1n) is 8.54. The van der Waals surface area contributed by atoms with Gasteiger partial charge in [0.1, 0.15) is 0 Å². The molecule has 0 aromatic heterocycles. The number of benzene rings is 2. The number of nitrogens with zero attached hydrogens (tertiary/aromatic N) is 1. The number of ether oxygens (including phenoxy) is 4. The second kappa shape index (κ2) is 10.6. The van der Waals surface area contributed by atoms with Crippen LogP contribution < -0.4 is 24.7 Å². The van der Waals surface area contributed by atoms with Gasteiger partial charge in [0.25, 0.3) is 5.69 Å². The number of Topliss-reactive ketones (excluding diaryl/α,β-unsaturated/α-hetero) is 2. The van der Waals surface area contributed by atoms with E-state index in [0.29, 0.717) is 28.5 Å². The third-order valence-corrected chi connectivity index (χ3v) is 4.01. The molecule has 2 aromatic carbocycles. The van der Waals surface area contributed by atoms with Gasteiger partial charge in [0, 0.05) is 23.4 Å². The summed E-state index contributed by atoms with van der Waals surface area (Å²) in [6.07, 6.45) is 0. The van der Waals surface area contributed by atoms with Gasteiger partial charge in [-0.3, -0.25) is 19.7 Å². The predicted molar refractivity (Wildman–Crippen MR) is 110 cm³/mol. The van der Waals surface area contributed by atoms with E-state index in [0.717, 1.165) is 0 Å². The van der Waals surface area contributed by atoms with E-state index >= 15 is 0 Å². The molecule has 0 heterocycles. The summed E-state index contributed by atoms with van der Waals surface area (Å²) >= 11 is 0. The summed E-state index contributed by atoms with van der Waals surface area (Å²) in [5.41, 5.74) is 6.23. The van der Waals surface area contributed by atoms with Crippen molar-refractivity contribution in [2.45, 2.75) is 13.8 Å². The SMILES string of the molecule is COc1cc(C(C)=O)c([N+](=O)[O-])cc1OC.COc1cc(N)c(C(C)=O)cc1OC. The third kappa shape index (κ3) is 5.60. The normalized spacial score (nSPS) is 9.67. The number of hydrogen-bond acceptors (Lipinski definition) is 9. The lowest BCUT2D eigenvalue weighted by molar-refractivity contribution is -0.385. The molecule has 2 N–H and O–H groups in total. The Morgan fingerprint density at radius 3 is 1.50 bits per heavy atom. The van der Waals surface area contributed by atoms with E-state index in [2.05, 4.69) is 0 Å². The van der Waals surface area contributed by atoms with Crippen LogP contribution in [0.15, 0.2) is 24.3 Å². The summed E-state index contributed by atoms with van der Waals surface area (Å²) in [6.45, 7) is 2.71. The van der Waals surface area contributed by atoms with E-state index in [1.54, 1.807) is 12.1 Å². The van der Waals surface area contributed by atoms with Crippen LogP contribution in [0.3, 0.4) is 0 Å². The molecule has 0 fully saturated rings. The van der Waals surface area contributed by atoms with Crippen LogP contribution in [-0.2, 0) is 0 Å². The Balaban J connectivity index is 0.000000303. The standard InChI is InChI=1S/C10H11NO5.C10H13NO3/c1-6(12)7-4-9(15-2)10(16-3)5-8(7)11(13)14;1-6(12)7-4-9(13-2)10(14-3)5-8(7)11/h4-5H,1-3H3;4-5H,11H2,1-3H3. The van der Waals surface area contributed by atoms with Crippen LogP contribution in [0.1, 0.15) is 34.6 Å². The number of hydrogen-bond donors (Lipinski definition) is 1. The van der Waals surface area contributed by atoms with Crippen molar-refractivity contribution < 1.29 is 33.5 Å². The van der Waals surface area contributed by atoms with E-state index in [-0.39, 0.29) is 22.8 Å². The first-order chi connectivity index (χ1) is 14.1. The molecule has 2 aromatic rings. The molecule has 0 amide bonds. The number of nitrogen functional groups attached to an aromatic ring is 1. The summed E-state index contributed by atoms with van der Waals surface area (Å²) in [5.74, 6) is 1.05. The molecule has 30 heavy (non-hydrogen) atoms. The maximum atomic E-state index is 11.2. The molecule has 162 valence electrons. The van der Waals surface area contributed by atoms with Crippen molar-refractivity contribution in [2.75, 3.05) is 34.2 Å². The molecule has 0 spiro atoms. The lowest BCUT2D eigenvalue weighted by Gasteiger charge is -2.10. The minimum atomic E-state index is -0.626. The Hall–Kier alpha value is -3.82. The van der Waals surface area contributed by atoms with Gasteiger partial charge in [0.2, 0.25) is 0 Å². The number of ketones is 2. The summed E-state index contributed by atoms with van der Waals surface area (Å²) in [4.78, 5) is 32.5. The lowest BCUT2D eigenvalue weighted by Crippen LogP contribution is -2.02. The van der Waals surface area contributed by atoms with Crippen molar-refractivity contribution in [3.63, 3.8) is 0 Å². The van der Waals surface area contributed by atoms with Gasteiger partial charge in [-0.2, -0.15) is 0 Å². The number of nitro benzene ring substituents is 1. The Morgan fingerprint density at radius 1 is 0.767 bits per heavy atom. The van der Waals surface area contributed by atoms with Crippen molar-refractivity contribution in [1.82, 2.24) is 0 Å². The van der Waals surface area contributed by atoms with Crippen molar-refractivity contribution in [3.8, 4) is 23.0 Å². The lowest BCUT2D eigenvalue weighted by atomic mass is 10.1. The Kier molecular flexibility index (Phi) is 8.60. The first-order valence-corrected chi connectivity index (χ1v) is 8.54. The van der Waals surface area contributed by atoms with Crippen LogP contribution in [0.2, 0.25) is 0 Å². The van der Waals surface area contributed by atoms with Gasteiger partial charge in [0.05, 0.1) is 45.0 Å². The smallest absolute Gasteiger partial charge is 0.284 e. The number of carbonyl (C=O) groups is 2. The quantitative estimate of drug-likeness (QED) is 0.309. The van der Waals surface area contributed by atoms with E-state index < -0.39 is 10.7 Å². The molecular weight excluding hydrogens is 396 g/mol. The summed E-state index contributed by atoms with van der Waals surface area (Å²) in [7, 11) is 5.80. The van der Waals surface area contributed by atoms with E-state index in [4.69, 9.17) is 24.7 Å². The molecule has 0 radical (unpaired) electrons.